The van der Waals surface area contributed by atoms with E-state index in [2.05, 4.69) is 34.5 Å². The summed E-state index contributed by atoms with van der Waals surface area (Å²) in [6, 6.07) is 16.5. The average Bonchev–Trinajstić information content (AvgIpc) is 2.75. The monoisotopic (exact) mass is 391 g/mol. The maximum absolute atomic E-state index is 12.8. The number of aryl methyl sites for hydroxylation is 1. The highest BCUT2D eigenvalue weighted by molar-refractivity contribution is 5.97. The number of carbonyl (C=O) groups is 2. The van der Waals surface area contributed by atoms with Crippen LogP contribution >= 0.6 is 0 Å². The highest BCUT2D eigenvalue weighted by Crippen LogP contribution is 2.28. The fourth-order valence-corrected chi connectivity index (χ4v) is 4.41. The van der Waals surface area contributed by atoms with Gasteiger partial charge in [0.2, 0.25) is 5.91 Å². The minimum absolute atomic E-state index is 0.00532. The second-order valence-electron chi connectivity index (χ2n) is 8.13. The van der Waals surface area contributed by atoms with Crippen LogP contribution in [0, 0.1) is 0 Å². The summed E-state index contributed by atoms with van der Waals surface area (Å²) in [5, 5.41) is 3.21. The van der Waals surface area contributed by atoms with Gasteiger partial charge in [0.15, 0.2) is 0 Å². The normalized spacial score (nSPS) is 17.6. The Morgan fingerprint density at radius 3 is 2.52 bits per heavy atom. The van der Waals surface area contributed by atoms with E-state index in [1.54, 1.807) is 6.92 Å². The molecule has 0 bridgehead atoms. The summed E-state index contributed by atoms with van der Waals surface area (Å²) in [6.45, 7) is 5.32. The van der Waals surface area contributed by atoms with Crippen molar-refractivity contribution in [2.75, 3.05) is 24.5 Å². The van der Waals surface area contributed by atoms with Crippen LogP contribution in [0.2, 0.25) is 0 Å². The first-order valence-corrected chi connectivity index (χ1v) is 10.6. The zero-order valence-electron chi connectivity index (χ0n) is 17.1. The summed E-state index contributed by atoms with van der Waals surface area (Å²) in [4.78, 5) is 28.9. The molecule has 0 radical (unpaired) electrons. The predicted molar refractivity (Wildman–Crippen MR) is 115 cm³/mol. The Morgan fingerprint density at radius 1 is 1.03 bits per heavy atom. The molecule has 0 aromatic heterocycles. The van der Waals surface area contributed by atoms with Gasteiger partial charge in [-0.25, -0.2) is 0 Å². The van der Waals surface area contributed by atoms with Gasteiger partial charge in [-0.3, -0.25) is 14.5 Å². The van der Waals surface area contributed by atoms with Crippen molar-refractivity contribution in [2.24, 2.45) is 0 Å². The molecule has 0 atom stereocenters. The number of nitrogens with one attached hydrogen (secondary N) is 1. The molecule has 4 rings (SSSR count). The highest BCUT2D eigenvalue weighted by atomic mass is 16.2. The van der Waals surface area contributed by atoms with Crippen molar-refractivity contribution < 1.29 is 9.59 Å². The van der Waals surface area contributed by atoms with E-state index in [-0.39, 0.29) is 17.9 Å². The summed E-state index contributed by atoms with van der Waals surface area (Å²) >= 11 is 0. The van der Waals surface area contributed by atoms with E-state index < -0.39 is 0 Å². The molecule has 5 nitrogen and oxygen atoms in total. The van der Waals surface area contributed by atoms with Gasteiger partial charge < -0.3 is 10.2 Å². The van der Waals surface area contributed by atoms with E-state index in [1.165, 1.54) is 5.56 Å². The van der Waals surface area contributed by atoms with E-state index in [9.17, 15) is 9.59 Å². The lowest BCUT2D eigenvalue weighted by atomic mass is 9.98. The smallest absolute Gasteiger partial charge is 0.251 e. The molecule has 0 aliphatic carbocycles. The minimum atomic E-state index is -0.00532. The van der Waals surface area contributed by atoms with Crippen LogP contribution in [0.5, 0.6) is 0 Å². The maximum atomic E-state index is 12.8. The Hall–Kier alpha value is -2.66. The zero-order valence-corrected chi connectivity index (χ0v) is 17.1. The maximum Gasteiger partial charge on any atom is 0.251 e. The van der Waals surface area contributed by atoms with Crippen LogP contribution in [0.4, 0.5) is 5.69 Å². The van der Waals surface area contributed by atoms with E-state index in [4.69, 9.17) is 0 Å². The third-order valence-electron chi connectivity index (χ3n) is 6.01. The standard InChI is InChI=1S/C24H29N3O2/c1-18(28)27-13-5-8-20-16-21(9-10-23(20)27)24(29)25-22-11-14-26(15-12-22)17-19-6-3-2-4-7-19/h2-4,6-7,9-10,16,22H,5,8,11-15,17H2,1H3,(H,25,29). The van der Waals surface area contributed by atoms with Gasteiger partial charge in [0.25, 0.3) is 5.91 Å². The summed E-state index contributed by atoms with van der Waals surface area (Å²) in [6.07, 6.45) is 3.80. The molecule has 152 valence electrons. The van der Waals surface area contributed by atoms with Gasteiger partial charge in [-0.1, -0.05) is 30.3 Å². The lowest BCUT2D eigenvalue weighted by Crippen LogP contribution is -2.44. The molecule has 1 fully saturated rings. The number of hydrogen-bond donors (Lipinski definition) is 1. The number of fused-ring (bicyclic) bond motifs is 1. The molecule has 0 unspecified atom stereocenters. The van der Waals surface area contributed by atoms with Crippen LogP contribution in [0.25, 0.3) is 0 Å². The fraction of sp³-hybridized carbons (Fsp3) is 0.417. The number of nitrogens with zero attached hydrogens (tertiary/aromatic N) is 2. The molecule has 2 aliphatic heterocycles. The van der Waals surface area contributed by atoms with Crippen molar-refractivity contribution in [1.29, 1.82) is 0 Å². The molecule has 1 N–H and O–H groups in total. The second kappa shape index (κ2) is 8.78. The number of likely N-dealkylation sites (tertiary alicyclic amines) is 1. The molecular weight excluding hydrogens is 362 g/mol. The molecule has 29 heavy (non-hydrogen) atoms. The first kappa shape index (κ1) is 19.6. The summed E-state index contributed by atoms with van der Waals surface area (Å²) in [5.41, 5.74) is 4.08. The van der Waals surface area contributed by atoms with Crippen LogP contribution in [-0.4, -0.2) is 42.4 Å². The minimum Gasteiger partial charge on any atom is -0.349 e. The van der Waals surface area contributed by atoms with Crippen molar-refractivity contribution in [3.05, 3.63) is 65.2 Å². The molecule has 1 saturated heterocycles. The van der Waals surface area contributed by atoms with Crippen LogP contribution < -0.4 is 10.2 Å². The lowest BCUT2D eigenvalue weighted by Gasteiger charge is -2.32. The molecule has 2 amide bonds. The Kier molecular flexibility index (Phi) is 5.95. The largest absolute Gasteiger partial charge is 0.349 e. The number of benzene rings is 2. The first-order chi connectivity index (χ1) is 14.1. The van der Waals surface area contributed by atoms with Crippen LogP contribution in [0.15, 0.2) is 48.5 Å². The second-order valence-corrected chi connectivity index (χ2v) is 8.13. The Morgan fingerprint density at radius 2 is 1.79 bits per heavy atom. The van der Waals surface area contributed by atoms with Crippen molar-refractivity contribution in [1.82, 2.24) is 10.2 Å². The average molecular weight is 392 g/mol. The van der Waals surface area contributed by atoms with Crippen molar-refractivity contribution in [2.45, 2.75) is 45.2 Å². The predicted octanol–water partition coefficient (Wildman–Crippen LogP) is 3.38. The first-order valence-electron chi connectivity index (χ1n) is 10.6. The number of piperidine rings is 1. The van der Waals surface area contributed by atoms with Gasteiger partial charge in [-0.2, -0.15) is 0 Å². The lowest BCUT2D eigenvalue weighted by molar-refractivity contribution is -0.116. The molecule has 2 aliphatic rings. The van der Waals surface area contributed by atoms with Crippen LogP contribution in [0.3, 0.4) is 0 Å². The molecule has 0 saturated carbocycles. The third-order valence-corrected chi connectivity index (χ3v) is 6.01. The SMILES string of the molecule is CC(=O)N1CCCc2cc(C(=O)NC3CCN(Cc4ccccc4)CC3)ccc21. The van der Waals surface area contributed by atoms with Crippen molar-refractivity contribution >= 4 is 17.5 Å². The van der Waals surface area contributed by atoms with Gasteiger partial charge in [0.05, 0.1) is 0 Å². The number of amides is 2. The summed E-state index contributed by atoms with van der Waals surface area (Å²) < 4.78 is 0. The number of hydrogen-bond acceptors (Lipinski definition) is 3. The highest BCUT2D eigenvalue weighted by Gasteiger charge is 2.24. The molecule has 2 heterocycles. The van der Waals surface area contributed by atoms with Crippen molar-refractivity contribution in [3.8, 4) is 0 Å². The summed E-state index contributed by atoms with van der Waals surface area (Å²) in [7, 11) is 0. The van der Waals surface area contributed by atoms with E-state index in [1.807, 2.05) is 29.2 Å². The van der Waals surface area contributed by atoms with Gasteiger partial charge >= 0.3 is 0 Å². The summed E-state index contributed by atoms with van der Waals surface area (Å²) in [5.74, 6) is 0.0553. The quantitative estimate of drug-likeness (QED) is 0.869. The third kappa shape index (κ3) is 4.67. The molecule has 2 aromatic rings. The van der Waals surface area contributed by atoms with Gasteiger partial charge in [0, 0.05) is 50.4 Å². The van der Waals surface area contributed by atoms with E-state index in [0.29, 0.717) is 5.56 Å². The van der Waals surface area contributed by atoms with Gasteiger partial charge in [0.1, 0.15) is 0 Å². The molecule has 0 spiro atoms. The Labute approximate surface area is 172 Å². The fourth-order valence-electron chi connectivity index (χ4n) is 4.41. The molecule has 5 heteroatoms. The van der Waals surface area contributed by atoms with Gasteiger partial charge in [-0.15, -0.1) is 0 Å². The molecular formula is C24H29N3O2. The van der Waals surface area contributed by atoms with Crippen molar-refractivity contribution in [3.63, 3.8) is 0 Å². The molecule has 2 aromatic carbocycles. The number of rotatable bonds is 4. The topological polar surface area (TPSA) is 52.7 Å². The van der Waals surface area contributed by atoms with Crippen LogP contribution in [-0.2, 0) is 17.8 Å². The number of anilines is 1. The van der Waals surface area contributed by atoms with Gasteiger partial charge in [-0.05, 0) is 55.0 Å². The van der Waals surface area contributed by atoms with E-state index in [0.717, 1.165) is 63.1 Å². The van der Waals surface area contributed by atoms with Crippen LogP contribution in [0.1, 0.15) is 47.7 Å². The van der Waals surface area contributed by atoms with E-state index >= 15 is 0 Å². The Bertz CT molecular complexity index is 873. The number of carbonyl (C=O) groups excluding carboxylic acids is 2. The zero-order chi connectivity index (χ0) is 20.2. The Balaban J connectivity index is 1.33.